The number of nitrogens with one attached hydrogen (secondary N) is 1. The number of hydrogen-bond donors (Lipinski definition) is 2. The minimum absolute atomic E-state index is 0. The molecule has 0 bridgehead atoms. The van der Waals surface area contributed by atoms with Gasteiger partial charge >= 0.3 is 6.18 Å². The van der Waals surface area contributed by atoms with E-state index < -0.39 is 12.7 Å². The van der Waals surface area contributed by atoms with Crippen molar-refractivity contribution in [2.45, 2.75) is 33.4 Å². The Bertz CT molecular complexity index is 396. The van der Waals surface area contributed by atoms with Gasteiger partial charge in [0.2, 0.25) is 0 Å². The number of halogens is 4. The van der Waals surface area contributed by atoms with Gasteiger partial charge in [-0.05, 0) is 31.7 Å². The Morgan fingerprint density at radius 3 is 2.60 bits per heavy atom. The van der Waals surface area contributed by atoms with Crippen LogP contribution >= 0.6 is 24.0 Å². The molecule has 0 saturated carbocycles. The topological polar surface area (TPSA) is 51.1 Å². The highest BCUT2D eigenvalue weighted by molar-refractivity contribution is 14.0. The summed E-state index contributed by atoms with van der Waals surface area (Å²) in [6.07, 6.45) is -3.28. The lowest BCUT2D eigenvalue weighted by atomic mass is 10.1. The summed E-state index contributed by atoms with van der Waals surface area (Å²) in [4.78, 5) is 8.11. The molecule has 2 N–H and O–H groups in total. The molecule has 25 heavy (non-hydrogen) atoms. The van der Waals surface area contributed by atoms with Crippen LogP contribution in [-0.4, -0.2) is 79.5 Å². The van der Waals surface area contributed by atoms with Crippen LogP contribution < -0.4 is 5.32 Å². The van der Waals surface area contributed by atoms with Crippen molar-refractivity contribution in [3.8, 4) is 0 Å². The van der Waals surface area contributed by atoms with Crippen molar-refractivity contribution in [1.29, 1.82) is 0 Å². The van der Waals surface area contributed by atoms with E-state index in [1.807, 2.05) is 13.8 Å². The first-order chi connectivity index (χ1) is 11.3. The van der Waals surface area contributed by atoms with E-state index in [0.717, 1.165) is 25.5 Å². The standard InChI is InChI=1S/C16H31F3N4O.HI/c1-4-20-15(21-8-13(3)11-24)23-7-6-14(10-23)9-22(5-2)12-16(17,18)19;/h13-14,24H,4-12H2,1-3H3,(H,20,21);1H. The summed E-state index contributed by atoms with van der Waals surface area (Å²) in [5.74, 6) is 1.10. The molecule has 9 heteroatoms. The van der Waals surface area contributed by atoms with Crippen LogP contribution in [0.15, 0.2) is 4.99 Å². The minimum atomic E-state index is -4.15. The molecule has 1 aliphatic heterocycles. The molecule has 0 aliphatic carbocycles. The van der Waals surface area contributed by atoms with Crippen LogP contribution in [0.2, 0.25) is 0 Å². The first-order valence-corrected chi connectivity index (χ1v) is 8.72. The van der Waals surface area contributed by atoms with E-state index in [4.69, 9.17) is 5.11 Å². The molecule has 1 rings (SSSR count). The van der Waals surface area contributed by atoms with Gasteiger partial charge in [-0.25, -0.2) is 0 Å². The Morgan fingerprint density at radius 1 is 1.40 bits per heavy atom. The maximum atomic E-state index is 12.6. The average molecular weight is 480 g/mol. The maximum absolute atomic E-state index is 12.6. The quantitative estimate of drug-likeness (QED) is 0.319. The van der Waals surface area contributed by atoms with Crippen molar-refractivity contribution < 1.29 is 18.3 Å². The Labute approximate surface area is 166 Å². The molecule has 1 heterocycles. The van der Waals surface area contributed by atoms with Crippen LogP contribution in [0, 0.1) is 11.8 Å². The lowest BCUT2D eigenvalue weighted by Crippen LogP contribution is -2.42. The van der Waals surface area contributed by atoms with E-state index in [0.29, 0.717) is 26.2 Å². The van der Waals surface area contributed by atoms with Crippen LogP contribution in [0.1, 0.15) is 27.2 Å². The van der Waals surface area contributed by atoms with Gasteiger partial charge in [0.25, 0.3) is 0 Å². The zero-order chi connectivity index (χ0) is 18.2. The highest BCUT2D eigenvalue weighted by Gasteiger charge is 2.33. The van der Waals surface area contributed by atoms with E-state index >= 15 is 0 Å². The number of rotatable bonds is 8. The predicted molar refractivity (Wildman–Crippen MR) is 105 cm³/mol. The molecule has 0 aromatic carbocycles. The molecule has 1 fully saturated rings. The van der Waals surface area contributed by atoms with Gasteiger partial charge in [-0.3, -0.25) is 9.89 Å². The van der Waals surface area contributed by atoms with Crippen LogP contribution in [0.25, 0.3) is 0 Å². The number of aliphatic hydroxyl groups excluding tert-OH is 1. The summed E-state index contributed by atoms with van der Waals surface area (Å²) >= 11 is 0. The molecular weight excluding hydrogens is 448 g/mol. The van der Waals surface area contributed by atoms with Crippen LogP contribution in [0.3, 0.4) is 0 Å². The summed E-state index contributed by atoms with van der Waals surface area (Å²) in [7, 11) is 0. The monoisotopic (exact) mass is 480 g/mol. The van der Waals surface area contributed by atoms with Crippen molar-refractivity contribution in [3.63, 3.8) is 0 Å². The highest BCUT2D eigenvalue weighted by Crippen LogP contribution is 2.21. The largest absolute Gasteiger partial charge is 0.401 e. The zero-order valence-electron chi connectivity index (χ0n) is 15.3. The molecule has 0 spiro atoms. The second-order valence-corrected chi connectivity index (χ2v) is 6.53. The number of hydrogen-bond acceptors (Lipinski definition) is 3. The molecular formula is C16H32F3IN4O. The number of alkyl halides is 3. The van der Waals surface area contributed by atoms with Gasteiger partial charge in [0.05, 0.1) is 6.54 Å². The van der Waals surface area contributed by atoms with Crippen LogP contribution in [0.4, 0.5) is 13.2 Å². The van der Waals surface area contributed by atoms with E-state index in [1.165, 1.54) is 4.90 Å². The Balaban J connectivity index is 0.00000576. The zero-order valence-corrected chi connectivity index (χ0v) is 17.7. The smallest absolute Gasteiger partial charge is 0.396 e. The number of nitrogens with zero attached hydrogens (tertiary/aromatic N) is 3. The van der Waals surface area contributed by atoms with Crippen molar-refractivity contribution in [1.82, 2.24) is 15.1 Å². The average Bonchev–Trinajstić information content (AvgIpc) is 2.97. The van der Waals surface area contributed by atoms with Crippen molar-refractivity contribution in [2.75, 3.05) is 52.4 Å². The number of likely N-dealkylation sites (tertiary alicyclic amines) is 1. The van der Waals surface area contributed by atoms with Gasteiger partial charge in [0.1, 0.15) is 0 Å². The minimum Gasteiger partial charge on any atom is -0.396 e. The lowest BCUT2D eigenvalue weighted by molar-refractivity contribution is -0.146. The fourth-order valence-corrected chi connectivity index (χ4v) is 2.82. The molecule has 0 aromatic rings. The number of guanidine groups is 1. The SMILES string of the molecule is CCNC(=NCC(C)CO)N1CCC(CN(CC)CC(F)(F)F)C1.I. The van der Waals surface area contributed by atoms with Crippen molar-refractivity contribution in [2.24, 2.45) is 16.8 Å². The normalized spacial score (nSPS) is 19.9. The summed E-state index contributed by atoms with van der Waals surface area (Å²) < 4.78 is 37.7. The second-order valence-electron chi connectivity index (χ2n) is 6.53. The van der Waals surface area contributed by atoms with E-state index in [9.17, 15) is 13.2 Å². The van der Waals surface area contributed by atoms with E-state index in [1.54, 1.807) is 6.92 Å². The molecule has 2 unspecified atom stereocenters. The molecule has 1 aliphatic rings. The van der Waals surface area contributed by atoms with E-state index in [-0.39, 0.29) is 42.4 Å². The van der Waals surface area contributed by atoms with Crippen LogP contribution in [-0.2, 0) is 0 Å². The first kappa shape index (κ1) is 24.7. The first-order valence-electron chi connectivity index (χ1n) is 8.72. The third-order valence-corrected chi connectivity index (χ3v) is 4.15. The number of aliphatic hydroxyl groups is 1. The van der Waals surface area contributed by atoms with Gasteiger partial charge in [-0.2, -0.15) is 13.2 Å². The molecule has 150 valence electrons. The van der Waals surface area contributed by atoms with Gasteiger partial charge < -0.3 is 15.3 Å². The fraction of sp³-hybridized carbons (Fsp3) is 0.938. The third kappa shape index (κ3) is 9.83. The molecule has 2 atom stereocenters. The third-order valence-electron chi connectivity index (χ3n) is 4.15. The second kappa shape index (κ2) is 12.2. The summed E-state index contributed by atoms with van der Waals surface area (Å²) in [6, 6.07) is 0. The molecule has 0 aromatic heterocycles. The Hall–Kier alpha value is -0.290. The molecule has 0 amide bonds. The molecule has 1 saturated heterocycles. The summed E-state index contributed by atoms with van der Waals surface area (Å²) in [6.45, 7) is 8.57. The fourth-order valence-electron chi connectivity index (χ4n) is 2.82. The van der Waals surface area contributed by atoms with Gasteiger partial charge in [-0.1, -0.05) is 13.8 Å². The molecule has 5 nitrogen and oxygen atoms in total. The molecule has 0 radical (unpaired) electrons. The maximum Gasteiger partial charge on any atom is 0.401 e. The van der Waals surface area contributed by atoms with E-state index in [2.05, 4.69) is 15.2 Å². The van der Waals surface area contributed by atoms with Gasteiger partial charge in [0.15, 0.2) is 5.96 Å². The van der Waals surface area contributed by atoms with Gasteiger partial charge in [0, 0.05) is 39.3 Å². The van der Waals surface area contributed by atoms with Gasteiger partial charge in [-0.15, -0.1) is 24.0 Å². The predicted octanol–water partition coefficient (Wildman–Crippen LogP) is 2.40. The van der Waals surface area contributed by atoms with Crippen LogP contribution in [0.5, 0.6) is 0 Å². The Morgan fingerprint density at radius 2 is 2.08 bits per heavy atom. The lowest BCUT2D eigenvalue weighted by Gasteiger charge is -2.26. The highest BCUT2D eigenvalue weighted by atomic mass is 127. The van der Waals surface area contributed by atoms with Crippen molar-refractivity contribution in [3.05, 3.63) is 0 Å². The number of aliphatic imine (C=N–C) groups is 1. The summed E-state index contributed by atoms with van der Waals surface area (Å²) in [5, 5.41) is 12.3. The summed E-state index contributed by atoms with van der Waals surface area (Å²) in [5.41, 5.74) is 0. The van der Waals surface area contributed by atoms with Crippen molar-refractivity contribution >= 4 is 29.9 Å². The Kier molecular flexibility index (Phi) is 12.0.